The molecule has 0 saturated heterocycles. The Hall–Kier alpha value is -3.55. The fraction of sp³-hybridized carbons (Fsp3) is 0.211. The van der Waals surface area contributed by atoms with Crippen molar-refractivity contribution in [2.75, 3.05) is 6.54 Å². The van der Waals surface area contributed by atoms with Gasteiger partial charge in [-0.3, -0.25) is 9.78 Å². The molecule has 134 valence electrons. The maximum Gasteiger partial charge on any atom is 0.256 e. The van der Waals surface area contributed by atoms with Crippen LogP contribution in [0.15, 0.2) is 47.5 Å². The molecule has 0 bridgehead atoms. The predicted octanol–water partition coefficient (Wildman–Crippen LogP) is 2.22. The van der Waals surface area contributed by atoms with Gasteiger partial charge in [0.1, 0.15) is 17.0 Å². The van der Waals surface area contributed by atoms with Crippen LogP contribution >= 0.6 is 0 Å². The number of carbonyl (C=O) groups is 1. The molecule has 1 aliphatic rings. The molecule has 0 N–H and O–H groups in total. The van der Waals surface area contributed by atoms with Gasteiger partial charge in [-0.1, -0.05) is 0 Å². The van der Waals surface area contributed by atoms with Gasteiger partial charge in [0.15, 0.2) is 5.65 Å². The molecule has 0 radical (unpaired) electrons. The minimum atomic E-state index is -0.0716. The SMILES string of the molecule is Cn1cnc2c(C(=O)N3CCc4oc(-c5cccnc5)nc4C3)ccnc21. The lowest BCUT2D eigenvalue weighted by Gasteiger charge is -2.25. The van der Waals surface area contributed by atoms with Gasteiger partial charge in [0, 0.05) is 38.6 Å². The number of rotatable bonds is 2. The van der Waals surface area contributed by atoms with E-state index in [1.54, 1.807) is 40.5 Å². The Kier molecular flexibility index (Phi) is 3.49. The molecule has 0 fully saturated rings. The van der Waals surface area contributed by atoms with E-state index in [1.807, 2.05) is 19.2 Å². The summed E-state index contributed by atoms with van der Waals surface area (Å²) in [4.78, 5) is 32.2. The van der Waals surface area contributed by atoms with E-state index < -0.39 is 0 Å². The van der Waals surface area contributed by atoms with Crippen LogP contribution in [0.3, 0.4) is 0 Å². The smallest absolute Gasteiger partial charge is 0.256 e. The van der Waals surface area contributed by atoms with Gasteiger partial charge in [-0.15, -0.1) is 0 Å². The van der Waals surface area contributed by atoms with Gasteiger partial charge in [-0.25, -0.2) is 15.0 Å². The highest BCUT2D eigenvalue weighted by molar-refractivity contribution is 6.04. The Labute approximate surface area is 154 Å². The second kappa shape index (κ2) is 6.01. The molecule has 0 aliphatic carbocycles. The van der Waals surface area contributed by atoms with Crippen molar-refractivity contribution in [2.45, 2.75) is 13.0 Å². The van der Waals surface area contributed by atoms with Crippen molar-refractivity contribution in [1.29, 1.82) is 0 Å². The van der Waals surface area contributed by atoms with Crippen LogP contribution in [0, 0.1) is 0 Å². The highest BCUT2D eigenvalue weighted by Gasteiger charge is 2.28. The molecular formula is C19H16N6O2. The minimum Gasteiger partial charge on any atom is -0.441 e. The lowest BCUT2D eigenvalue weighted by atomic mass is 10.1. The molecule has 0 saturated carbocycles. The summed E-state index contributed by atoms with van der Waals surface area (Å²) in [6.45, 7) is 0.985. The van der Waals surface area contributed by atoms with Gasteiger partial charge in [-0.2, -0.15) is 0 Å². The molecule has 0 aromatic carbocycles. The molecule has 8 heteroatoms. The lowest BCUT2D eigenvalue weighted by molar-refractivity contribution is 0.0729. The average Bonchev–Trinajstić information content (AvgIpc) is 3.31. The lowest BCUT2D eigenvalue weighted by Crippen LogP contribution is -2.36. The van der Waals surface area contributed by atoms with Crippen LogP contribution in [0.1, 0.15) is 21.8 Å². The van der Waals surface area contributed by atoms with Crippen molar-refractivity contribution >= 4 is 17.1 Å². The van der Waals surface area contributed by atoms with E-state index >= 15 is 0 Å². The number of hydrogen-bond acceptors (Lipinski definition) is 6. The van der Waals surface area contributed by atoms with Crippen LogP contribution in [-0.4, -0.2) is 41.9 Å². The summed E-state index contributed by atoms with van der Waals surface area (Å²) in [6, 6.07) is 5.47. The molecular weight excluding hydrogens is 344 g/mol. The average molecular weight is 360 g/mol. The largest absolute Gasteiger partial charge is 0.441 e. The Morgan fingerprint density at radius 1 is 1.22 bits per heavy atom. The summed E-state index contributed by atoms with van der Waals surface area (Å²) < 4.78 is 7.69. The molecule has 4 aromatic rings. The summed E-state index contributed by atoms with van der Waals surface area (Å²) in [5.74, 6) is 1.30. The van der Waals surface area contributed by atoms with Crippen LogP contribution in [-0.2, 0) is 20.0 Å². The van der Waals surface area contributed by atoms with E-state index in [-0.39, 0.29) is 5.91 Å². The molecule has 5 heterocycles. The number of aromatic nitrogens is 5. The van der Waals surface area contributed by atoms with E-state index in [2.05, 4.69) is 19.9 Å². The number of oxazole rings is 1. The first-order valence-corrected chi connectivity index (χ1v) is 8.65. The highest BCUT2D eigenvalue weighted by Crippen LogP contribution is 2.27. The van der Waals surface area contributed by atoms with Gasteiger partial charge in [0.05, 0.1) is 24.0 Å². The summed E-state index contributed by atoms with van der Waals surface area (Å²) in [5.41, 5.74) is 3.49. The third kappa shape index (κ3) is 2.57. The van der Waals surface area contributed by atoms with E-state index in [4.69, 9.17) is 4.42 Å². The quantitative estimate of drug-likeness (QED) is 0.544. The van der Waals surface area contributed by atoms with E-state index in [0.717, 1.165) is 17.0 Å². The van der Waals surface area contributed by atoms with Crippen LogP contribution in [0.25, 0.3) is 22.6 Å². The van der Waals surface area contributed by atoms with Crippen LogP contribution in [0.2, 0.25) is 0 Å². The summed E-state index contributed by atoms with van der Waals surface area (Å²) >= 11 is 0. The second-order valence-electron chi connectivity index (χ2n) is 6.49. The van der Waals surface area contributed by atoms with Crippen molar-refractivity contribution in [3.8, 4) is 11.5 Å². The monoisotopic (exact) mass is 360 g/mol. The minimum absolute atomic E-state index is 0.0716. The topological polar surface area (TPSA) is 89.9 Å². The zero-order chi connectivity index (χ0) is 18.4. The molecule has 8 nitrogen and oxygen atoms in total. The number of fused-ring (bicyclic) bond motifs is 2. The summed E-state index contributed by atoms with van der Waals surface area (Å²) in [5, 5.41) is 0. The summed E-state index contributed by atoms with van der Waals surface area (Å²) in [6.07, 6.45) is 7.36. The number of aryl methyl sites for hydroxylation is 1. The van der Waals surface area contributed by atoms with Gasteiger partial charge in [-0.05, 0) is 18.2 Å². The Morgan fingerprint density at radius 2 is 2.15 bits per heavy atom. The molecule has 4 aromatic heterocycles. The van der Waals surface area contributed by atoms with E-state index in [9.17, 15) is 4.79 Å². The van der Waals surface area contributed by atoms with Crippen LogP contribution in [0.4, 0.5) is 0 Å². The summed E-state index contributed by atoms with van der Waals surface area (Å²) in [7, 11) is 1.86. The fourth-order valence-electron chi connectivity index (χ4n) is 3.35. The number of pyridine rings is 2. The molecule has 27 heavy (non-hydrogen) atoms. The van der Waals surface area contributed by atoms with Gasteiger partial charge in [0.2, 0.25) is 5.89 Å². The van der Waals surface area contributed by atoms with Gasteiger partial charge in [0.25, 0.3) is 5.91 Å². The maximum atomic E-state index is 13.1. The second-order valence-corrected chi connectivity index (χ2v) is 6.49. The molecule has 0 spiro atoms. The van der Waals surface area contributed by atoms with E-state index in [1.165, 1.54) is 0 Å². The number of hydrogen-bond donors (Lipinski definition) is 0. The first kappa shape index (κ1) is 15.7. The molecule has 0 unspecified atom stereocenters. The zero-order valence-electron chi connectivity index (χ0n) is 14.7. The van der Waals surface area contributed by atoms with E-state index in [0.29, 0.717) is 42.1 Å². The first-order valence-electron chi connectivity index (χ1n) is 8.65. The van der Waals surface area contributed by atoms with Crippen molar-refractivity contribution in [1.82, 2.24) is 29.4 Å². The molecule has 1 amide bonds. The van der Waals surface area contributed by atoms with Crippen LogP contribution in [0.5, 0.6) is 0 Å². The molecule has 0 atom stereocenters. The van der Waals surface area contributed by atoms with Crippen LogP contribution < -0.4 is 0 Å². The van der Waals surface area contributed by atoms with Crippen molar-refractivity contribution < 1.29 is 9.21 Å². The van der Waals surface area contributed by atoms with Crippen molar-refractivity contribution in [3.63, 3.8) is 0 Å². The van der Waals surface area contributed by atoms with Gasteiger partial charge >= 0.3 is 0 Å². The number of imidazole rings is 1. The molecule has 1 aliphatic heterocycles. The molecule has 5 rings (SSSR count). The fourth-order valence-corrected chi connectivity index (χ4v) is 3.35. The first-order chi connectivity index (χ1) is 13.2. The van der Waals surface area contributed by atoms with Gasteiger partial charge < -0.3 is 13.9 Å². The normalized spacial score (nSPS) is 13.7. The Balaban J connectivity index is 1.45. The third-order valence-electron chi connectivity index (χ3n) is 4.75. The zero-order valence-corrected chi connectivity index (χ0v) is 14.7. The highest BCUT2D eigenvalue weighted by atomic mass is 16.4. The third-order valence-corrected chi connectivity index (χ3v) is 4.75. The van der Waals surface area contributed by atoms with Crippen molar-refractivity contribution in [2.24, 2.45) is 7.05 Å². The number of carbonyl (C=O) groups excluding carboxylic acids is 1. The predicted molar refractivity (Wildman–Crippen MR) is 96.7 cm³/mol. The Morgan fingerprint density at radius 3 is 3.00 bits per heavy atom. The Bertz CT molecular complexity index is 1150. The maximum absolute atomic E-state index is 13.1. The van der Waals surface area contributed by atoms with Crippen molar-refractivity contribution in [3.05, 3.63) is 60.1 Å². The number of amides is 1. The number of nitrogens with zero attached hydrogens (tertiary/aromatic N) is 6. The standard InChI is InChI=1S/C19H16N6O2/c1-24-11-22-16-13(4-7-21-17(16)24)19(26)25-8-5-15-14(10-25)23-18(27-15)12-3-2-6-20-9-12/h2-4,6-7,9,11H,5,8,10H2,1H3.